The van der Waals surface area contributed by atoms with Crippen LogP contribution >= 0.6 is 0 Å². The van der Waals surface area contributed by atoms with E-state index in [0.29, 0.717) is 0 Å². The molecule has 1 aliphatic carbocycles. The standard InChI is InChI=1S/C14H10N2/c1-2-6-11-9(4-1)8-10-5-3-7-12-13(10)14(11)16-15-12/h1-7H,8H2,(H,15,16). The minimum atomic E-state index is 1.01. The van der Waals surface area contributed by atoms with E-state index in [-0.39, 0.29) is 0 Å². The van der Waals surface area contributed by atoms with E-state index in [1.807, 2.05) is 0 Å². The lowest BCUT2D eigenvalue weighted by Crippen LogP contribution is -1.98. The Morgan fingerprint density at radius 3 is 2.81 bits per heavy atom. The van der Waals surface area contributed by atoms with Crippen LogP contribution in [0.4, 0.5) is 0 Å². The molecule has 1 heterocycles. The second-order valence-corrected chi connectivity index (χ2v) is 4.25. The second kappa shape index (κ2) is 2.73. The Morgan fingerprint density at radius 1 is 0.938 bits per heavy atom. The quantitative estimate of drug-likeness (QED) is 0.470. The molecule has 0 saturated carbocycles. The van der Waals surface area contributed by atoms with Gasteiger partial charge in [0.1, 0.15) is 5.69 Å². The molecule has 0 amide bonds. The highest BCUT2D eigenvalue weighted by Crippen LogP contribution is 2.37. The molecule has 2 heteroatoms. The van der Waals surface area contributed by atoms with E-state index in [4.69, 9.17) is 0 Å². The van der Waals surface area contributed by atoms with E-state index < -0.39 is 0 Å². The summed E-state index contributed by atoms with van der Waals surface area (Å²) < 4.78 is 0. The van der Waals surface area contributed by atoms with Crippen LogP contribution in [0.1, 0.15) is 11.1 Å². The van der Waals surface area contributed by atoms with Crippen molar-refractivity contribution in [3.63, 3.8) is 0 Å². The van der Waals surface area contributed by atoms with Gasteiger partial charge in [0.2, 0.25) is 0 Å². The molecule has 16 heavy (non-hydrogen) atoms. The van der Waals surface area contributed by atoms with Crippen molar-refractivity contribution in [2.45, 2.75) is 6.42 Å². The molecule has 2 aromatic carbocycles. The number of hydrogen-bond donors (Lipinski definition) is 1. The van der Waals surface area contributed by atoms with Gasteiger partial charge in [0, 0.05) is 10.9 Å². The number of H-pyrrole nitrogens is 1. The first-order valence-electron chi connectivity index (χ1n) is 5.48. The number of nitrogens with one attached hydrogen (secondary N) is 1. The van der Waals surface area contributed by atoms with Gasteiger partial charge in [-0.25, -0.2) is 0 Å². The molecular formula is C14H10N2. The number of benzene rings is 2. The third kappa shape index (κ3) is 0.890. The van der Waals surface area contributed by atoms with E-state index in [2.05, 4.69) is 52.7 Å². The summed E-state index contributed by atoms with van der Waals surface area (Å²) in [4.78, 5) is 0. The summed E-state index contributed by atoms with van der Waals surface area (Å²) in [6, 6.07) is 14.9. The summed E-state index contributed by atoms with van der Waals surface area (Å²) in [6.45, 7) is 0. The molecule has 3 aromatic rings. The van der Waals surface area contributed by atoms with Crippen LogP contribution in [0.15, 0.2) is 42.5 Å². The van der Waals surface area contributed by atoms with Crippen molar-refractivity contribution in [3.8, 4) is 11.3 Å². The number of aromatic amines is 1. The number of fused-ring (bicyclic) bond motifs is 2. The topological polar surface area (TPSA) is 28.7 Å². The van der Waals surface area contributed by atoms with Crippen LogP contribution < -0.4 is 0 Å². The molecule has 0 fully saturated rings. The second-order valence-electron chi connectivity index (χ2n) is 4.25. The van der Waals surface area contributed by atoms with Gasteiger partial charge in [-0.05, 0) is 23.6 Å². The summed E-state index contributed by atoms with van der Waals surface area (Å²) in [5.74, 6) is 0. The summed E-state index contributed by atoms with van der Waals surface area (Å²) in [5.41, 5.74) is 6.26. The number of aromatic nitrogens is 2. The lowest BCUT2D eigenvalue weighted by atomic mass is 9.89. The third-order valence-electron chi connectivity index (χ3n) is 3.33. The predicted molar refractivity (Wildman–Crippen MR) is 64.3 cm³/mol. The number of hydrogen-bond acceptors (Lipinski definition) is 1. The summed E-state index contributed by atoms with van der Waals surface area (Å²) in [7, 11) is 0. The van der Waals surface area contributed by atoms with Crippen molar-refractivity contribution in [1.29, 1.82) is 0 Å². The maximum atomic E-state index is 4.44. The first kappa shape index (κ1) is 8.11. The molecule has 0 saturated heterocycles. The Balaban J connectivity index is 2.21. The molecule has 0 bridgehead atoms. The fourth-order valence-electron chi connectivity index (χ4n) is 2.60. The number of nitrogens with zero attached hydrogens (tertiary/aromatic N) is 1. The smallest absolute Gasteiger partial charge is 0.100 e. The zero-order chi connectivity index (χ0) is 10.5. The van der Waals surface area contributed by atoms with E-state index in [1.165, 1.54) is 22.1 Å². The third-order valence-corrected chi connectivity index (χ3v) is 3.33. The molecule has 1 N–H and O–H groups in total. The number of rotatable bonds is 0. The zero-order valence-electron chi connectivity index (χ0n) is 8.70. The molecule has 0 aliphatic heterocycles. The first-order valence-corrected chi connectivity index (χ1v) is 5.48. The van der Waals surface area contributed by atoms with E-state index in [9.17, 15) is 0 Å². The van der Waals surface area contributed by atoms with Crippen LogP contribution in [-0.4, -0.2) is 10.2 Å². The highest BCUT2D eigenvalue weighted by Gasteiger charge is 2.19. The van der Waals surface area contributed by atoms with Gasteiger partial charge < -0.3 is 0 Å². The monoisotopic (exact) mass is 206 g/mol. The van der Waals surface area contributed by atoms with Crippen molar-refractivity contribution >= 4 is 10.9 Å². The Morgan fingerprint density at radius 2 is 1.81 bits per heavy atom. The fraction of sp³-hybridized carbons (Fsp3) is 0.0714. The highest BCUT2D eigenvalue weighted by molar-refractivity contribution is 5.98. The lowest BCUT2D eigenvalue weighted by Gasteiger charge is -2.15. The van der Waals surface area contributed by atoms with Crippen molar-refractivity contribution in [3.05, 3.63) is 53.6 Å². The Labute approximate surface area is 92.9 Å². The van der Waals surface area contributed by atoms with Crippen LogP contribution in [-0.2, 0) is 6.42 Å². The molecule has 0 spiro atoms. The SMILES string of the molecule is c1ccc2c(c1)Cc1cccc3[nH]nc-2c13. The van der Waals surface area contributed by atoms with Crippen molar-refractivity contribution in [1.82, 2.24) is 10.2 Å². The molecule has 0 unspecified atom stereocenters. The van der Waals surface area contributed by atoms with E-state index >= 15 is 0 Å². The van der Waals surface area contributed by atoms with Crippen LogP contribution in [0.25, 0.3) is 22.2 Å². The zero-order valence-corrected chi connectivity index (χ0v) is 8.70. The van der Waals surface area contributed by atoms with Crippen LogP contribution in [0.2, 0.25) is 0 Å². The molecule has 1 aliphatic rings. The normalized spacial score (nSPS) is 12.8. The summed E-state index contributed by atoms with van der Waals surface area (Å²) in [5, 5.41) is 8.85. The fourth-order valence-corrected chi connectivity index (χ4v) is 2.60. The van der Waals surface area contributed by atoms with Crippen LogP contribution in [0, 0.1) is 0 Å². The van der Waals surface area contributed by atoms with E-state index in [1.54, 1.807) is 0 Å². The Kier molecular flexibility index (Phi) is 1.38. The van der Waals surface area contributed by atoms with Crippen LogP contribution in [0.3, 0.4) is 0 Å². The van der Waals surface area contributed by atoms with Crippen molar-refractivity contribution in [2.75, 3.05) is 0 Å². The maximum Gasteiger partial charge on any atom is 0.100 e. The molecular weight excluding hydrogens is 196 g/mol. The molecule has 1 aromatic heterocycles. The van der Waals surface area contributed by atoms with Gasteiger partial charge in [0.25, 0.3) is 0 Å². The minimum Gasteiger partial charge on any atom is -0.277 e. The molecule has 2 nitrogen and oxygen atoms in total. The van der Waals surface area contributed by atoms with Gasteiger partial charge in [-0.15, -0.1) is 0 Å². The average Bonchev–Trinajstić information content (AvgIpc) is 2.76. The summed E-state index contributed by atoms with van der Waals surface area (Å²) in [6.07, 6.45) is 1.01. The largest absolute Gasteiger partial charge is 0.277 e. The molecule has 4 rings (SSSR count). The first-order chi connectivity index (χ1) is 7.93. The minimum absolute atomic E-state index is 1.01. The Bertz CT molecular complexity index is 695. The van der Waals surface area contributed by atoms with Gasteiger partial charge in [-0.1, -0.05) is 36.4 Å². The molecule has 0 atom stereocenters. The van der Waals surface area contributed by atoms with Gasteiger partial charge in [-0.3, -0.25) is 5.10 Å². The van der Waals surface area contributed by atoms with Gasteiger partial charge in [0.05, 0.1) is 5.52 Å². The summed E-state index contributed by atoms with van der Waals surface area (Å²) >= 11 is 0. The van der Waals surface area contributed by atoms with Gasteiger partial charge in [0.15, 0.2) is 0 Å². The Hall–Kier alpha value is -2.09. The molecule has 0 radical (unpaired) electrons. The van der Waals surface area contributed by atoms with Crippen LogP contribution in [0.5, 0.6) is 0 Å². The molecule has 76 valence electrons. The van der Waals surface area contributed by atoms with E-state index in [0.717, 1.165) is 17.6 Å². The van der Waals surface area contributed by atoms with Gasteiger partial charge >= 0.3 is 0 Å². The van der Waals surface area contributed by atoms with Crippen molar-refractivity contribution < 1.29 is 0 Å². The highest BCUT2D eigenvalue weighted by atomic mass is 15.1. The average molecular weight is 206 g/mol. The predicted octanol–water partition coefficient (Wildman–Crippen LogP) is 3.13. The van der Waals surface area contributed by atoms with Gasteiger partial charge in [-0.2, -0.15) is 5.10 Å². The lowest BCUT2D eigenvalue weighted by molar-refractivity contribution is 1.11. The maximum absolute atomic E-state index is 4.44. The van der Waals surface area contributed by atoms with Crippen molar-refractivity contribution in [2.24, 2.45) is 0 Å².